The van der Waals surface area contributed by atoms with E-state index in [1.54, 1.807) is 56.3 Å². The molecule has 0 bridgehead atoms. The second kappa shape index (κ2) is 9.88. The molecule has 0 heterocycles. The Balaban J connectivity index is 2.19. The van der Waals surface area contributed by atoms with Gasteiger partial charge in [-0.25, -0.2) is 0 Å². The molecule has 0 saturated carbocycles. The smallest absolute Gasteiger partial charge is 0.255 e. The maximum Gasteiger partial charge on any atom is 0.255 e. The molecule has 5 nitrogen and oxygen atoms in total. The number of anilines is 1. The van der Waals surface area contributed by atoms with Crippen LogP contribution in [-0.2, 0) is 15.6 Å². The second-order valence-electron chi connectivity index (χ2n) is 5.59. The number of benzene rings is 2. The minimum Gasteiger partial charge on any atom is -0.330 e. The number of hydrogen-bond acceptors (Lipinski definition) is 3. The van der Waals surface area contributed by atoms with E-state index >= 15 is 0 Å². The molecule has 1 N–H and O–H groups in total. The van der Waals surface area contributed by atoms with E-state index in [2.05, 4.69) is 5.32 Å². The van der Waals surface area contributed by atoms with Crippen molar-refractivity contribution < 1.29 is 13.8 Å². The van der Waals surface area contributed by atoms with Gasteiger partial charge in [0.25, 0.3) is 5.91 Å². The fraction of sp³-hybridized carbons (Fsp3) is 0.263. The standard InChI is InChI=1S/C19H20Cl2N2O3S/c1-3-23(12-17(24)22-18-14(20)9-7-10-15(18)21)19(25)13-8-5-6-11-16(13)27(26)4-2/h5-11H,3-4,12H2,1-2H3,(H,22,24). The number of hydrogen-bond donors (Lipinski definition) is 1. The van der Waals surface area contributed by atoms with Crippen molar-refractivity contribution in [1.29, 1.82) is 0 Å². The van der Waals surface area contributed by atoms with Crippen molar-refractivity contribution in [3.63, 3.8) is 0 Å². The predicted molar refractivity (Wildman–Crippen MR) is 110 cm³/mol. The van der Waals surface area contributed by atoms with Crippen LogP contribution in [0.5, 0.6) is 0 Å². The summed E-state index contributed by atoms with van der Waals surface area (Å²) in [4.78, 5) is 27.2. The van der Waals surface area contributed by atoms with Gasteiger partial charge in [-0.05, 0) is 31.2 Å². The minimum atomic E-state index is -1.27. The fourth-order valence-electron chi connectivity index (χ4n) is 2.46. The molecular weight excluding hydrogens is 407 g/mol. The van der Waals surface area contributed by atoms with Crippen LogP contribution in [0, 0.1) is 0 Å². The monoisotopic (exact) mass is 426 g/mol. The summed E-state index contributed by atoms with van der Waals surface area (Å²) >= 11 is 12.1. The summed E-state index contributed by atoms with van der Waals surface area (Å²) in [6.07, 6.45) is 0. The zero-order valence-electron chi connectivity index (χ0n) is 15.0. The van der Waals surface area contributed by atoms with Gasteiger partial charge >= 0.3 is 0 Å². The molecule has 2 amide bonds. The van der Waals surface area contributed by atoms with Gasteiger partial charge in [0.05, 0.1) is 37.0 Å². The van der Waals surface area contributed by atoms with E-state index in [1.165, 1.54) is 4.90 Å². The first-order valence-corrected chi connectivity index (χ1v) is 10.5. The van der Waals surface area contributed by atoms with Gasteiger partial charge in [0, 0.05) is 12.3 Å². The van der Waals surface area contributed by atoms with Crippen molar-refractivity contribution in [2.75, 3.05) is 24.2 Å². The molecule has 2 aromatic rings. The van der Waals surface area contributed by atoms with Gasteiger partial charge in [-0.1, -0.05) is 48.3 Å². The van der Waals surface area contributed by atoms with Crippen LogP contribution in [0.25, 0.3) is 0 Å². The van der Waals surface area contributed by atoms with E-state index in [4.69, 9.17) is 23.2 Å². The quantitative estimate of drug-likeness (QED) is 0.720. The largest absolute Gasteiger partial charge is 0.330 e. The molecule has 0 radical (unpaired) electrons. The average Bonchev–Trinajstić information content (AvgIpc) is 2.68. The SMILES string of the molecule is CCN(CC(=O)Nc1c(Cl)cccc1Cl)C(=O)c1ccccc1S(=O)CC. The van der Waals surface area contributed by atoms with Crippen LogP contribution in [0.2, 0.25) is 10.0 Å². The van der Waals surface area contributed by atoms with Gasteiger partial charge in [0.15, 0.2) is 0 Å². The van der Waals surface area contributed by atoms with Gasteiger partial charge < -0.3 is 10.2 Å². The molecule has 0 saturated heterocycles. The van der Waals surface area contributed by atoms with Gasteiger partial charge in [-0.2, -0.15) is 0 Å². The molecule has 0 fully saturated rings. The Labute approximate surface area is 171 Å². The number of nitrogens with one attached hydrogen (secondary N) is 1. The van der Waals surface area contributed by atoms with Crippen molar-refractivity contribution in [3.05, 3.63) is 58.1 Å². The number of carbonyl (C=O) groups excluding carboxylic acids is 2. The highest BCUT2D eigenvalue weighted by molar-refractivity contribution is 7.85. The van der Waals surface area contributed by atoms with Crippen LogP contribution in [0.15, 0.2) is 47.4 Å². The summed E-state index contributed by atoms with van der Waals surface area (Å²) in [5.41, 5.74) is 0.643. The predicted octanol–water partition coefficient (Wildman–Crippen LogP) is 4.22. The van der Waals surface area contributed by atoms with E-state index in [1.807, 2.05) is 0 Å². The first-order valence-electron chi connectivity index (χ1n) is 8.39. The second-order valence-corrected chi connectivity index (χ2v) is 8.12. The van der Waals surface area contributed by atoms with Gasteiger partial charge in [-0.3, -0.25) is 13.8 Å². The molecule has 2 rings (SSSR count). The highest BCUT2D eigenvalue weighted by Gasteiger charge is 2.22. The molecule has 144 valence electrons. The summed E-state index contributed by atoms with van der Waals surface area (Å²) in [6, 6.07) is 11.6. The zero-order chi connectivity index (χ0) is 20.0. The van der Waals surface area contributed by atoms with E-state index < -0.39 is 16.7 Å². The van der Waals surface area contributed by atoms with Crippen molar-refractivity contribution in [2.45, 2.75) is 18.7 Å². The van der Waals surface area contributed by atoms with E-state index in [0.717, 1.165) is 0 Å². The summed E-state index contributed by atoms with van der Waals surface area (Å²) < 4.78 is 12.2. The topological polar surface area (TPSA) is 66.5 Å². The number of para-hydroxylation sites is 1. The Morgan fingerprint density at radius 2 is 1.67 bits per heavy atom. The number of rotatable bonds is 7. The molecular formula is C19H20Cl2N2O3S. The van der Waals surface area contributed by atoms with Gasteiger partial charge in [0.2, 0.25) is 5.91 Å². The van der Waals surface area contributed by atoms with Crippen molar-refractivity contribution >= 4 is 51.5 Å². The van der Waals surface area contributed by atoms with Crippen LogP contribution < -0.4 is 5.32 Å². The molecule has 0 aliphatic rings. The third-order valence-corrected chi connectivity index (χ3v) is 5.86. The maximum atomic E-state index is 12.9. The van der Waals surface area contributed by atoms with E-state index in [-0.39, 0.29) is 12.5 Å². The molecule has 0 aliphatic carbocycles. The van der Waals surface area contributed by atoms with Crippen LogP contribution >= 0.6 is 23.2 Å². The molecule has 0 spiro atoms. The Morgan fingerprint density at radius 1 is 1.04 bits per heavy atom. The molecule has 1 unspecified atom stereocenters. The number of likely N-dealkylation sites (N-methyl/N-ethyl adjacent to an activating group) is 1. The van der Waals surface area contributed by atoms with Gasteiger partial charge in [-0.15, -0.1) is 0 Å². The number of carbonyl (C=O) groups is 2. The minimum absolute atomic E-state index is 0.177. The summed E-state index contributed by atoms with van der Waals surface area (Å²) in [5.74, 6) is -0.369. The van der Waals surface area contributed by atoms with Crippen LogP contribution in [0.4, 0.5) is 5.69 Å². The van der Waals surface area contributed by atoms with Crippen LogP contribution in [0.3, 0.4) is 0 Å². The van der Waals surface area contributed by atoms with Crippen molar-refractivity contribution in [1.82, 2.24) is 4.90 Å². The third-order valence-electron chi connectivity index (χ3n) is 3.86. The molecule has 2 aromatic carbocycles. The lowest BCUT2D eigenvalue weighted by molar-refractivity contribution is -0.116. The number of amides is 2. The summed E-state index contributed by atoms with van der Waals surface area (Å²) in [6.45, 7) is 3.70. The maximum absolute atomic E-state index is 12.9. The fourth-order valence-corrected chi connectivity index (χ4v) is 3.90. The van der Waals surface area contributed by atoms with E-state index in [9.17, 15) is 13.8 Å². The molecule has 8 heteroatoms. The van der Waals surface area contributed by atoms with Crippen LogP contribution in [-0.4, -0.2) is 39.8 Å². The lowest BCUT2D eigenvalue weighted by Crippen LogP contribution is -2.38. The van der Waals surface area contributed by atoms with Crippen LogP contribution in [0.1, 0.15) is 24.2 Å². The Bertz CT molecular complexity index is 854. The molecule has 27 heavy (non-hydrogen) atoms. The highest BCUT2D eigenvalue weighted by Crippen LogP contribution is 2.29. The normalized spacial score (nSPS) is 11.7. The number of nitrogens with zero attached hydrogens (tertiary/aromatic N) is 1. The lowest BCUT2D eigenvalue weighted by atomic mass is 10.2. The first-order chi connectivity index (χ1) is 12.9. The van der Waals surface area contributed by atoms with Gasteiger partial charge in [0.1, 0.15) is 6.54 Å². The number of halogens is 2. The summed E-state index contributed by atoms with van der Waals surface area (Å²) in [5, 5.41) is 3.27. The zero-order valence-corrected chi connectivity index (χ0v) is 17.3. The first kappa shape index (κ1) is 21.4. The van der Waals surface area contributed by atoms with Crippen molar-refractivity contribution in [3.8, 4) is 0 Å². The summed E-state index contributed by atoms with van der Waals surface area (Å²) in [7, 11) is -1.27. The Kier molecular flexibility index (Phi) is 7.83. The molecule has 0 aromatic heterocycles. The Hall–Kier alpha value is -1.89. The van der Waals surface area contributed by atoms with Crippen molar-refractivity contribution in [2.24, 2.45) is 0 Å². The molecule has 0 aliphatic heterocycles. The Morgan fingerprint density at radius 3 is 2.26 bits per heavy atom. The van der Waals surface area contributed by atoms with E-state index in [0.29, 0.717) is 38.5 Å². The third kappa shape index (κ3) is 5.31. The highest BCUT2D eigenvalue weighted by atomic mass is 35.5. The lowest BCUT2D eigenvalue weighted by Gasteiger charge is -2.22. The molecule has 1 atom stereocenters. The average molecular weight is 427 g/mol.